The topological polar surface area (TPSA) is 62.9 Å². The molecule has 1 aliphatic heterocycles. The largest absolute Gasteiger partial charge is 0.272 e. The molecule has 0 fully saturated rings. The van der Waals surface area contributed by atoms with E-state index in [1.807, 2.05) is 51.1 Å². The summed E-state index contributed by atoms with van der Waals surface area (Å²) >= 11 is 6.12. The molecule has 0 saturated carbocycles. The number of carbonyl (C=O) groups excluding carboxylic acids is 1. The van der Waals surface area contributed by atoms with Crippen LogP contribution in [-0.4, -0.2) is 31.2 Å². The lowest BCUT2D eigenvalue weighted by Gasteiger charge is -2.19. The molecule has 0 atom stereocenters. The molecule has 1 aliphatic rings. The van der Waals surface area contributed by atoms with Crippen LogP contribution in [0.1, 0.15) is 37.7 Å². The Kier molecular flexibility index (Phi) is 4.23. The van der Waals surface area contributed by atoms with Crippen molar-refractivity contribution in [1.82, 2.24) is 19.6 Å². The summed E-state index contributed by atoms with van der Waals surface area (Å²) in [5.74, 6) is -0.0430. The molecule has 3 aromatic rings. The number of aryl methyl sites for hydroxylation is 1. The first-order valence-electron chi connectivity index (χ1n) is 8.90. The number of pyridine rings is 2. The fourth-order valence-corrected chi connectivity index (χ4v) is 3.56. The summed E-state index contributed by atoms with van der Waals surface area (Å²) in [6, 6.07) is 9.41. The Morgan fingerprint density at radius 1 is 1.19 bits per heavy atom. The van der Waals surface area contributed by atoms with E-state index in [2.05, 4.69) is 10.1 Å². The van der Waals surface area contributed by atoms with Crippen molar-refractivity contribution in [2.24, 2.45) is 10.5 Å². The number of hydrogen-bond donors (Lipinski definition) is 0. The SMILES string of the molecule is CCc1nn2cc(Cl)ccc2c1C1=NN(Cc2ccccn2)C(=O)C1(C)C. The molecule has 4 heterocycles. The van der Waals surface area contributed by atoms with Gasteiger partial charge in [0.2, 0.25) is 0 Å². The maximum absolute atomic E-state index is 13.1. The highest BCUT2D eigenvalue weighted by Gasteiger charge is 2.45. The van der Waals surface area contributed by atoms with E-state index in [9.17, 15) is 4.79 Å². The van der Waals surface area contributed by atoms with Crippen molar-refractivity contribution in [3.8, 4) is 0 Å². The normalized spacial score (nSPS) is 16.2. The van der Waals surface area contributed by atoms with Gasteiger partial charge in [-0.05, 0) is 44.5 Å². The third-order valence-corrected chi connectivity index (χ3v) is 5.08. The van der Waals surface area contributed by atoms with E-state index in [1.54, 1.807) is 16.9 Å². The minimum Gasteiger partial charge on any atom is -0.272 e. The molecule has 3 aromatic heterocycles. The smallest absolute Gasteiger partial charge is 0.254 e. The molecule has 1 amide bonds. The predicted molar refractivity (Wildman–Crippen MR) is 105 cm³/mol. The first kappa shape index (κ1) is 17.7. The van der Waals surface area contributed by atoms with Crippen LogP contribution in [0.15, 0.2) is 47.8 Å². The van der Waals surface area contributed by atoms with Crippen molar-refractivity contribution in [3.05, 3.63) is 64.7 Å². The minimum absolute atomic E-state index is 0.0430. The molecule has 6 nitrogen and oxygen atoms in total. The number of carbonyl (C=O) groups is 1. The van der Waals surface area contributed by atoms with E-state index >= 15 is 0 Å². The van der Waals surface area contributed by atoms with Crippen LogP contribution >= 0.6 is 11.6 Å². The highest BCUT2D eigenvalue weighted by atomic mass is 35.5. The Bertz CT molecular complexity index is 1050. The van der Waals surface area contributed by atoms with Gasteiger partial charge in [0.05, 0.1) is 39.6 Å². The highest BCUT2D eigenvalue weighted by molar-refractivity contribution is 6.30. The lowest BCUT2D eigenvalue weighted by Crippen LogP contribution is -2.35. The zero-order valence-corrected chi connectivity index (χ0v) is 16.2. The van der Waals surface area contributed by atoms with Gasteiger partial charge in [0, 0.05) is 18.0 Å². The van der Waals surface area contributed by atoms with Gasteiger partial charge in [0.25, 0.3) is 5.91 Å². The molecule has 0 N–H and O–H groups in total. The van der Waals surface area contributed by atoms with E-state index < -0.39 is 5.41 Å². The maximum atomic E-state index is 13.1. The Labute approximate surface area is 162 Å². The molecule has 0 aromatic carbocycles. The van der Waals surface area contributed by atoms with Crippen molar-refractivity contribution >= 4 is 28.7 Å². The van der Waals surface area contributed by atoms with Gasteiger partial charge in [-0.15, -0.1) is 0 Å². The molecule has 138 valence electrons. The Morgan fingerprint density at radius 2 is 2.00 bits per heavy atom. The zero-order valence-electron chi connectivity index (χ0n) is 15.5. The third-order valence-electron chi connectivity index (χ3n) is 4.86. The van der Waals surface area contributed by atoms with Crippen LogP contribution in [0.3, 0.4) is 0 Å². The van der Waals surface area contributed by atoms with Crippen molar-refractivity contribution in [2.45, 2.75) is 33.7 Å². The van der Waals surface area contributed by atoms with Crippen molar-refractivity contribution < 1.29 is 4.79 Å². The van der Waals surface area contributed by atoms with Crippen LogP contribution in [0.2, 0.25) is 5.02 Å². The van der Waals surface area contributed by atoms with Crippen LogP contribution in [0, 0.1) is 5.41 Å². The Balaban J connectivity index is 1.83. The molecule has 27 heavy (non-hydrogen) atoms. The molecule has 0 saturated heterocycles. The van der Waals surface area contributed by atoms with Crippen molar-refractivity contribution in [1.29, 1.82) is 0 Å². The molecule has 0 spiro atoms. The van der Waals surface area contributed by atoms with E-state index in [1.165, 1.54) is 5.01 Å². The number of hydrogen-bond acceptors (Lipinski definition) is 4. The van der Waals surface area contributed by atoms with E-state index in [0.29, 0.717) is 11.6 Å². The van der Waals surface area contributed by atoms with Crippen LogP contribution in [0.5, 0.6) is 0 Å². The molecule has 0 radical (unpaired) electrons. The quantitative estimate of drug-likeness (QED) is 0.692. The summed E-state index contributed by atoms with van der Waals surface area (Å²) < 4.78 is 1.76. The summed E-state index contributed by atoms with van der Waals surface area (Å²) in [7, 11) is 0. The lowest BCUT2D eigenvalue weighted by molar-refractivity contribution is -0.135. The second kappa shape index (κ2) is 6.46. The molecule has 0 bridgehead atoms. The Hall–Kier alpha value is -2.73. The number of amides is 1. The highest BCUT2D eigenvalue weighted by Crippen LogP contribution is 2.35. The fourth-order valence-electron chi connectivity index (χ4n) is 3.41. The van der Waals surface area contributed by atoms with Crippen LogP contribution < -0.4 is 0 Å². The third kappa shape index (κ3) is 2.90. The van der Waals surface area contributed by atoms with Gasteiger partial charge in [-0.25, -0.2) is 9.52 Å². The van der Waals surface area contributed by atoms with Gasteiger partial charge in [-0.2, -0.15) is 10.2 Å². The zero-order chi connectivity index (χ0) is 19.2. The van der Waals surface area contributed by atoms with Crippen LogP contribution in [0.25, 0.3) is 5.52 Å². The summed E-state index contributed by atoms with van der Waals surface area (Å²) in [6.07, 6.45) is 4.23. The second-order valence-electron chi connectivity index (χ2n) is 7.11. The number of hydrazone groups is 1. The van der Waals surface area contributed by atoms with Crippen molar-refractivity contribution in [3.63, 3.8) is 0 Å². The van der Waals surface area contributed by atoms with Gasteiger partial charge in [-0.1, -0.05) is 24.6 Å². The average Bonchev–Trinajstić information content (AvgIpc) is 3.11. The standard InChI is InChI=1S/C20H20ClN5O/c1-4-15-17(16-9-8-13(21)11-25(16)23-15)18-20(2,3)19(27)26(24-18)12-14-7-5-6-10-22-14/h5-11H,4,12H2,1-3H3. The molecule has 7 heteroatoms. The first-order chi connectivity index (χ1) is 12.9. The summed E-state index contributed by atoms with van der Waals surface area (Å²) in [5.41, 5.74) is 3.50. The predicted octanol–water partition coefficient (Wildman–Crippen LogP) is 3.72. The lowest BCUT2D eigenvalue weighted by atomic mass is 9.82. The summed E-state index contributed by atoms with van der Waals surface area (Å²) in [6.45, 7) is 6.21. The van der Waals surface area contributed by atoms with E-state index in [0.717, 1.165) is 34.6 Å². The van der Waals surface area contributed by atoms with Gasteiger partial charge in [0.1, 0.15) is 0 Å². The van der Waals surface area contributed by atoms with Gasteiger partial charge < -0.3 is 0 Å². The second-order valence-corrected chi connectivity index (χ2v) is 7.55. The van der Waals surface area contributed by atoms with E-state index in [-0.39, 0.29) is 5.91 Å². The van der Waals surface area contributed by atoms with E-state index in [4.69, 9.17) is 16.7 Å². The summed E-state index contributed by atoms with van der Waals surface area (Å²) in [5, 5.41) is 11.5. The number of rotatable bonds is 4. The number of nitrogens with zero attached hydrogens (tertiary/aromatic N) is 5. The van der Waals surface area contributed by atoms with Gasteiger partial charge >= 0.3 is 0 Å². The average molecular weight is 382 g/mol. The van der Waals surface area contributed by atoms with Gasteiger partial charge in [-0.3, -0.25) is 9.78 Å². The Morgan fingerprint density at radius 3 is 2.70 bits per heavy atom. The fraction of sp³-hybridized carbons (Fsp3) is 0.300. The molecule has 0 aliphatic carbocycles. The number of aromatic nitrogens is 3. The molecule has 4 rings (SSSR count). The number of halogens is 1. The van der Waals surface area contributed by atoms with Crippen LogP contribution in [-0.2, 0) is 17.8 Å². The summed E-state index contributed by atoms with van der Waals surface area (Å²) in [4.78, 5) is 17.4. The molecular weight excluding hydrogens is 362 g/mol. The molecule has 0 unspecified atom stereocenters. The van der Waals surface area contributed by atoms with Crippen molar-refractivity contribution in [2.75, 3.05) is 0 Å². The minimum atomic E-state index is -0.748. The van der Waals surface area contributed by atoms with Gasteiger partial charge in [0.15, 0.2) is 0 Å². The first-order valence-corrected chi connectivity index (χ1v) is 9.27. The van der Waals surface area contributed by atoms with Crippen LogP contribution in [0.4, 0.5) is 0 Å². The maximum Gasteiger partial charge on any atom is 0.254 e. The number of fused-ring (bicyclic) bond motifs is 1. The monoisotopic (exact) mass is 381 g/mol. The molecular formula is C20H20ClN5O.